The molecule has 2 aliphatic carbocycles. The number of benzene rings is 2. The Labute approximate surface area is 201 Å². The van der Waals surface area contributed by atoms with E-state index >= 15 is 0 Å². The van der Waals surface area contributed by atoms with Gasteiger partial charge in [-0.25, -0.2) is 4.79 Å². The normalized spacial score (nSPS) is 21.7. The number of carboxylic acid groups (broad SMARTS) is 1. The third-order valence-corrected chi connectivity index (χ3v) is 7.46. The second-order valence-corrected chi connectivity index (χ2v) is 9.40. The zero-order chi connectivity index (χ0) is 24.3. The van der Waals surface area contributed by atoms with E-state index in [1.165, 1.54) is 4.68 Å². The molecule has 3 unspecified atom stereocenters. The van der Waals surface area contributed by atoms with Crippen LogP contribution in [0.1, 0.15) is 34.0 Å². The van der Waals surface area contributed by atoms with Crippen molar-refractivity contribution in [2.24, 2.45) is 18.9 Å². The quantitative estimate of drug-likeness (QED) is 0.589. The number of nitrogens with one attached hydrogen (secondary N) is 1. The second kappa shape index (κ2) is 7.97. The van der Waals surface area contributed by atoms with Gasteiger partial charge in [0.2, 0.25) is 0 Å². The van der Waals surface area contributed by atoms with Gasteiger partial charge in [0.1, 0.15) is 6.61 Å². The van der Waals surface area contributed by atoms with E-state index in [0.717, 1.165) is 22.3 Å². The van der Waals surface area contributed by atoms with Crippen LogP contribution in [-0.2, 0) is 16.6 Å². The van der Waals surface area contributed by atoms with E-state index in [9.17, 15) is 19.5 Å². The molecule has 1 aromatic heterocycles. The fraction of sp³-hybridized carbons (Fsp3) is 0.308. The van der Waals surface area contributed by atoms with Gasteiger partial charge in [-0.15, -0.1) is 0 Å². The summed E-state index contributed by atoms with van der Waals surface area (Å²) in [6, 6.07) is 15.8. The van der Waals surface area contributed by atoms with Crippen LogP contribution in [0, 0.1) is 11.8 Å². The number of aromatic nitrogens is 2. The number of carbonyl (C=O) groups excluding carboxylic acids is 2. The lowest BCUT2D eigenvalue weighted by Crippen LogP contribution is -2.45. The van der Waals surface area contributed by atoms with Gasteiger partial charge in [-0.3, -0.25) is 19.6 Å². The first kappa shape index (κ1) is 21.4. The van der Waals surface area contributed by atoms with E-state index in [4.69, 9.17) is 4.74 Å². The summed E-state index contributed by atoms with van der Waals surface area (Å²) in [4.78, 5) is 38.9. The minimum absolute atomic E-state index is 0.0243. The number of aryl methyl sites for hydroxylation is 1. The van der Waals surface area contributed by atoms with Crippen LogP contribution in [0.25, 0.3) is 11.1 Å². The van der Waals surface area contributed by atoms with E-state index < -0.39 is 18.0 Å². The van der Waals surface area contributed by atoms with E-state index in [1.807, 2.05) is 36.4 Å². The number of anilines is 1. The molecule has 2 bridgehead atoms. The van der Waals surface area contributed by atoms with Gasteiger partial charge in [0.05, 0.1) is 11.6 Å². The second-order valence-electron chi connectivity index (χ2n) is 9.40. The van der Waals surface area contributed by atoms with Crippen LogP contribution in [0.3, 0.4) is 0 Å². The highest BCUT2D eigenvalue weighted by Crippen LogP contribution is 2.47. The number of carboxylic acids is 1. The molecule has 3 fully saturated rings. The Morgan fingerprint density at radius 1 is 1.09 bits per heavy atom. The molecule has 0 spiro atoms. The summed E-state index contributed by atoms with van der Waals surface area (Å²) >= 11 is 0. The average molecular weight is 473 g/mol. The molecule has 2 aliphatic heterocycles. The summed E-state index contributed by atoms with van der Waals surface area (Å²) in [5, 5.41) is 16.3. The standard InChI is InChI=1S/C26H24N4O5/c1-29-12-20(23(28-29)24(31)30-11-14-10-21(30)22(14)25(32)33)27-26(34)35-13-19-17-8-4-2-6-15(17)16-7-3-5-9-18(16)19/h2-9,12,14,19,21-22H,10-11,13H2,1H3,(H,27,34)(H,32,33). The van der Waals surface area contributed by atoms with Crippen LogP contribution in [0.5, 0.6) is 0 Å². The van der Waals surface area contributed by atoms with Gasteiger partial charge in [0.15, 0.2) is 5.69 Å². The van der Waals surface area contributed by atoms with Crippen molar-refractivity contribution in [1.29, 1.82) is 0 Å². The lowest BCUT2D eigenvalue weighted by molar-refractivity contribution is -0.147. The summed E-state index contributed by atoms with van der Waals surface area (Å²) < 4.78 is 7.05. The molecule has 178 valence electrons. The fourth-order valence-electron chi connectivity index (χ4n) is 5.84. The van der Waals surface area contributed by atoms with Crippen LogP contribution in [0.2, 0.25) is 0 Å². The maximum absolute atomic E-state index is 13.2. The topological polar surface area (TPSA) is 114 Å². The third kappa shape index (κ3) is 3.38. The molecule has 2 saturated heterocycles. The summed E-state index contributed by atoms with van der Waals surface area (Å²) in [6.07, 6.45) is 1.55. The van der Waals surface area contributed by atoms with Crippen molar-refractivity contribution in [3.63, 3.8) is 0 Å². The van der Waals surface area contributed by atoms with Crippen LogP contribution in [0.15, 0.2) is 54.7 Å². The minimum atomic E-state index is -0.875. The van der Waals surface area contributed by atoms with Crippen molar-refractivity contribution >= 4 is 23.7 Å². The Kier molecular flexibility index (Phi) is 4.87. The van der Waals surface area contributed by atoms with Crippen molar-refractivity contribution in [3.8, 4) is 11.1 Å². The Morgan fingerprint density at radius 2 is 1.74 bits per heavy atom. The Hall–Kier alpha value is -4.14. The number of rotatable bonds is 5. The third-order valence-electron chi connectivity index (χ3n) is 7.46. The fourth-order valence-corrected chi connectivity index (χ4v) is 5.84. The van der Waals surface area contributed by atoms with Crippen molar-refractivity contribution in [1.82, 2.24) is 14.7 Å². The number of ether oxygens (including phenoxy) is 1. The molecule has 2 aromatic carbocycles. The molecule has 3 heterocycles. The number of fused-ring (bicyclic) bond motifs is 4. The Balaban J connectivity index is 1.16. The summed E-state index contributed by atoms with van der Waals surface area (Å²) in [6.45, 7) is 0.543. The zero-order valence-electron chi connectivity index (χ0n) is 19.0. The van der Waals surface area contributed by atoms with E-state index in [0.29, 0.717) is 13.0 Å². The van der Waals surface area contributed by atoms with Crippen LogP contribution in [-0.4, -0.2) is 57.0 Å². The van der Waals surface area contributed by atoms with E-state index in [-0.39, 0.29) is 41.8 Å². The number of hydrogen-bond acceptors (Lipinski definition) is 5. The van der Waals surface area contributed by atoms with Gasteiger partial charge in [-0.1, -0.05) is 48.5 Å². The molecule has 4 aliphatic rings. The Bertz CT molecular complexity index is 1320. The molecule has 35 heavy (non-hydrogen) atoms. The SMILES string of the molecule is Cn1cc(NC(=O)OCC2c3ccccc3-c3ccccc32)c(C(=O)N2CC3CC2C3C(=O)O)n1. The number of aliphatic carboxylic acids is 1. The van der Waals surface area contributed by atoms with Gasteiger partial charge in [0, 0.05) is 31.7 Å². The first-order chi connectivity index (χ1) is 16.9. The largest absolute Gasteiger partial charge is 0.481 e. The summed E-state index contributed by atoms with van der Waals surface area (Å²) in [7, 11) is 1.66. The van der Waals surface area contributed by atoms with Crippen LogP contribution < -0.4 is 5.32 Å². The molecule has 0 radical (unpaired) electrons. The highest BCUT2D eigenvalue weighted by molar-refractivity contribution is 6.01. The summed E-state index contributed by atoms with van der Waals surface area (Å²) in [5.41, 5.74) is 4.82. The van der Waals surface area contributed by atoms with Crippen LogP contribution in [0.4, 0.5) is 10.5 Å². The van der Waals surface area contributed by atoms with Gasteiger partial charge >= 0.3 is 12.1 Å². The van der Waals surface area contributed by atoms with Crippen LogP contribution >= 0.6 is 0 Å². The predicted molar refractivity (Wildman–Crippen MR) is 126 cm³/mol. The van der Waals surface area contributed by atoms with Gasteiger partial charge in [-0.2, -0.15) is 5.10 Å². The highest BCUT2D eigenvalue weighted by atomic mass is 16.5. The molecule has 7 rings (SSSR count). The predicted octanol–water partition coefficient (Wildman–Crippen LogP) is 3.33. The van der Waals surface area contributed by atoms with Crippen molar-refractivity contribution in [2.45, 2.75) is 18.4 Å². The molecular formula is C26H24N4O5. The maximum atomic E-state index is 13.2. The summed E-state index contributed by atoms with van der Waals surface area (Å²) in [5.74, 6) is -1.88. The number of hydrogen-bond donors (Lipinski definition) is 2. The average Bonchev–Trinajstić information content (AvgIpc) is 3.58. The molecule has 2 amide bonds. The molecule has 9 nitrogen and oxygen atoms in total. The molecule has 9 heteroatoms. The van der Waals surface area contributed by atoms with Gasteiger partial charge in [-0.05, 0) is 34.6 Å². The molecule has 3 aromatic rings. The van der Waals surface area contributed by atoms with Crippen molar-refractivity contribution < 1.29 is 24.2 Å². The lowest BCUT2D eigenvalue weighted by Gasteiger charge is -2.32. The smallest absolute Gasteiger partial charge is 0.411 e. The van der Waals surface area contributed by atoms with Crippen molar-refractivity contribution in [2.75, 3.05) is 18.5 Å². The first-order valence-electron chi connectivity index (χ1n) is 11.6. The maximum Gasteiger partial charge on any atom is 0.411 e. The molecular weight excluding hydrogens is 448 g/mol. The number of carbonyl (C=O) groups is 3. The Morgan fingerprint density at radius 3 is 2.37 bits per heavy atom. The minimum Gasteiger partial charge on any atom is -0.481 e. The monoisotopic (exact) mass is 472 g/mol. The van der Waals surface area contributed by atoms with Gasteiger partial charge in [0.25, 0.3) is 5.91 Å². The van der Waals surface area contributed by atoms with Gasteiger partial charge < -0.3 is 14.7 Å². The zero-order valence-corrected chi connectivity index (χ0v) is 19.0. The number of amides is 2. The first-order valence-corrected chi connectivity index (χ1v) is 11.6. The van der Waals surface area contributed by atoms with E-state index in [2.05, 4.69) is 22.5 Å². The molecule has 1 saturated carbocycles. The lowest BCUT2D eigenvalue weighted by atomic mass is 9.74. The molecule has 2 N–H and O–H groups in total. The number of nitrogens with zero attached hydrogens (tertiary/aromatic N) is 3. The van der Waals surface area contributed by atoms with E-state index in [1.54, 1.807) is 18.1 Å². The highest BCUT2D eigenvalue weighted by Gasteiger charge is 2.57. The molecule has 3 atom stereocenters. The van der Waals surface area contributed by atoms with Crippen molar-refractivity contribution in [3.05, 3.63) is 71.5 Å².